The Morgan fingerprint density at radius 3 is 2.85 bits per heavy atom. The van der Waals surface area contributed by atoms with E-state index in [1.807, 2.05) is 0 Å². The fraction of sp³-hybridized carbons (Fsp3) is 0.636. The Labute approximate surface area is 79.4 Å². The van der Waals surface area contributed by atoms with E-state index < -0.39 is 0 Å². The number of aliphatic imine (C=N–C) groups is 1. The molecule has 2 nitrogen and oxygen atoms in total. The van der Waals surface area contributed by atoms with Crippen LogP contribution in [-0.4, -0.2) is 11.6 Å². The van der Waals surface area contributed by atoms with Gasteiger partial charge >= 0.3 is 0 Å². The third-order valence-electron chi connectivity index (χ3n) is 1.97. The molecule has 1 heterocycles. The Kier molecular flexibility index (Phi) is 4.25. The standard InChI is InChI=1S/C11H15NO/c1-2-3-4-5-6-7-10-8-9-11(13)12-10/h2-5,8-9H2,1H3. The normalized spacial score (nSPS) is 15.2. The summed E-state index contributed by atoms with van der Waals surface area (Å²) in [5, 5.41) is 0. The quantitative estimate of drug-likeness (QED) is 0.480. The molecule has 1 amide bonds. The van der Waals surface area contributed by atoms with E-state index in [1.165, 1.54) is 12.8 Å². The molecular formula is C11H15NO. The number of hydrogen-bond donors (Lipinski definition) is 0. The molecule has 2 heteroatoms. The van der Waals surface area contributed by atoms with Crippen LogP contribution < -0.4 is 0 Å². The van der Waals surface area contributed by atoms with Crippen molar-refractivity contribution in [1.82, 2.24) is 0 Å². The Balaban J connectivity index is 2.23. The maximum atomic E-state index is 10.7. The van der Waals surface area contributed by atoms with Crippen LogP contribution in [-0.2, 0) is 4.79 Å². The Hall–Kier alpha value is -1.10. The Morgan fingerprint density at radius 2 is 2.23 bits per heavy atom. The number of amides is 1. The maximum Gasteiger partial charge on any atom is 0.246 e. The monoisotopic (exact) mass is 177 g/mol. The van der Waals surface area contributed by atoms with E-state index in [4.69, 9.17) is 0 Å². The first-order valence-corrected chi connectivity index (χ1v) is 4.92. The van der Waals surface area contributed by atoms with Gasteiger partial charge in [0.2, 0.25) is 5.91 Å². The van der Waals surface area contributed by atoms with Gasteiger partial charge in [-0.15, -0.1) is 0 Å². The van der Waals surface area contributed by atoms with Crippen molar-refractivity contribution in [3.8, 4) is 11.8 Å². The van der Waals surface area contributed by atoms with Crippen LogP contribution in [0.3, 0.4) is 0 Å². The predicted molar refractivity (Wildman–Crippen MR) is 53.6 cm³/mol. The molecule has 0 saturated heterocycles. The highest BCUT2D eigenvalue weighted by Gasteiger charge is 2.10. The maximum absolute atomic E-state index is 10.7. The lowest BCUT2D eigenvalue weighted by Gasteiger charge is -1.88. The van der Waals surface area contributed by atoms with E-state index >= 15 is 0 Å². The zero-order valence-corrected chi connectivity index (χ0v) is 8.10. The van der Waals surface area contributed by atoms with E-state index in [0.717, 1.165) is 25.0 Å². The molecule has 0 N–H and O–H groups in total. The smallest absolute Gasteiger partial charge is 0.246 e. The summed E-state index contributed by atoms with van der Waals surface area (Å²) in [6, 6.07) is 0. The predicted octanol–water partition coefficient (Wildman–Crippen LogP) is 2.33. The molecule has 0 aromatic heterocycles. The number of hydrogen-bond acceptors (Lipinski definition) is 1. The van der Waals surface area contributed by atoms with Crippen molar-refractivity contribution in [3.63, 3.8) is 0 Å². The van der Waals surface area contributed by atoms with Gasteiger partial charge in [-0.3, -0.25) is 4.79 Å². The second kappa shape index (κ2) is 5.53. The highest BCUT2D eigenvalue weighted by atomic mass is 16.1. The first-order valence-electron chi connectivity index (χ1n) is 4.92. The van der Waals surface area contributed by atoms with Gasteiger partial charge in [0, 0.05) is 19.3 Å². The number of nitrogens with zero attached hydrogens (tertiary/aromatic N) is 1. The molecule has 0 aliphatic carbocycles. The third kappa shape index (κ3) is 3.89. The summed E-state index contributed by atoms with van der Waals surface area (Å²) in [6.07, 6.45) is 5.85. The third-order valence-corrected chi connectivity index (χ3v) is 1.97. The molecule has 0 aromatic carbocycles. The minimum atomic E-state index is -0.0159. The molecule has 1 aliphatic heterocycles. The van der Waals surface area contributed by atoms with Gasteiger partial charge < -0.3 is 0 Å². The molecule has 1 aliphatic rings. The van der Waals surface area contributed by atoms with Crippen molar-refractivity contribution in [2.45, 2.75) is 45.4 Å². The molecule has 0 radical (unpaired) electrons. The fourth-order valence-corrected chi connectivity index (χ4v) is 1.21. The summed E-state index contributed by atoms with van der Waals surface area (Å²) >= 11 is 0. The number of carbonyl (C=O) groups excluding carboxylic acids is 1. The highest BCUT2D eigenvalue weighted by molar-refractivity contribution is 6.11. The highest BCUT2D eigenvalue weighted by Crippen LogP contribution is 2.04. The number of carbonyl (C=O) groups is 1. The van der Waals surface area contributed by atoms with Crippen LogP contribution in [0.1, 0.15) is 45.4 Å². The second-order valence-electron chi connectivity index (χ2n) is 3.21. The van der Waals surface area contributed by atoms with Crippen molar-refractivity contribution in [2.24, 2.45) is 4.99 Å². The molecule has 0 saturated carbocycles. The minimum absolute atomic E-state index is 0.0159. The van der Waals surface area contributed by atoms with Crippen LogP contribution in [0.5, 0.6) is 0 Å². The van der Waals surface area contributed by atoms with Crippen LogP contribution in [0.2, 0.25) is 0 Å². The summed E-state index contributed by atoms with van der Waals surface area (Å²) in [4.78, 5) is 14.5. The lowest BCUT2D eigenvalue weighted by Crippen LogP contribution is -1.85. The van der Waals surface area contributed by atoms with E-state index in [0.29, 0.717) is 6.42 Å². The van der Waals surface area contributed by atoms with Crippen molar-refractivity contribution < 1.29 is 4.79 Å². The minimum Gasteiger partial charge on any atom is -0.273 e. The van der Waals surface area contributed by atoms with E-state index in [1.54, 1.807) is 0 Å². The van der Waals surface area contributed by atoms with Gasteiger partial charge in [-0.1, -0.05) is 31.6 Å². The van der Waals surface area contributed by atoms with Crippen molar-refractivity contribution in [1.29, 1.82) is 0 Å². The van der Waals surface area contributed by atoms with Crippen LogP contribution in [0.25, 0.3) is 0 Å². The molecule has 70 valence electrons. The molecule has 1 rings (SSSR count). The summed E-state index contributed by atoms with van der Waals surface area (Å²) in [6.45, 7) is 2.17. The SMILES string of the molecule is CCCCCC#CC1=NC(=O)CC1. The Morgan fingerprint density at radius 1 is 1.38 bits per heavy atom. The topological polar surface area (TPSA) is 29.4 Å². The molecule has 0 unspecified atom stereocenters. The van der Waals surface area contributed by atoms with E-state index in [-0.39, 0.29) is 5.91 Å². The van der Waals surface area contributed by atoms with Crippen molar-refractivity contribution in [2.75, 3.05) is 0 Å². The lowest BCUT2D eigenvalue weighted by molar-refractivity contribution is -0.117. The molecule has 0 atom stereocenters. The molecule has 0 spiro atoms. The lowest BCUT2D eigenvalue weighted by atomic mass is 10.2. The summed E-state index contributed by atoms with van der Waals surface area (Å²) in [5.74, 6) is 5.98. The first-order chi connectivity index (χ1) is 6.33. The van der Waals surface area contributed by atoms with E-state index in [2.05, 4.69) is 23.8 Å². The van der Waals surface area contributed by atoms with Gasteiger partial charge in [0.1, 0.15) is 0 Å². The van der Waals surface area contributed by atoms with E-state index in [9.17, 15) is 4.79 Å². The Bertz CT molecular complexity index is 268. The van der Waals surface area contributed by atoms with Gasteiger partial charge in [-0.25, -0.2) is 4.99 Å². The van der Waals surface area contributed by atoms with Crippen LogP contribution in [0.15, 0.2) is 4.99 Å². The first kappa shape index (κ1) is 9.98. The van der Waals surface area contributed by atoms with Gasteiger partial charge in [0.05, 0.1) is 5.71 Å². The zero-order chi connectivity index (χ0) is 9.52. The van der Waals surface area contributed by atoms with Crippen molar-refractivity contribution >= 4 is 11.6 Å². The summed E-state index contributed by atoms with van der Waals surface area (Å²) < 4.78 is 0. The second-order valence-corrected chi connectivity index (χ2v) is 3.21. The molecule has 0 bridgehead atoms. The molecular weight excluding hydrogens is 162 g/mol. The molecule has 13 heavy (non-hydrogen) atoms. The van der Waals surface area contributed by atoms with Crippen LogP contribution >= 0.6 is 0 Å². The largest absolute Gasteiger partial charge is 0.273 e. The molecule has 0 fully saturated rings. The van der Waals surface area contributed by atoms with Crippen LogP contribution in [0, 0.1) is 11.8 Å². The average Bonchev–Trinajstić information content (AvgIpc) is 2.51. The van der Waals surface area contributed by atoms with Crippen molar-refractivity contribution in [3.05, 3.63) is 0 Å². The number of rotatable bonds is 3. The van der Waals surface area contributed by atoms with Gasteiger partial charge in [-0.05, 0) is 6.42 Å². The summed E-state index contributed by atoms with van der Waals surface area (Å²) in [7, 11) is 0. The fourth-order valence-electron chi connectivity index (χ4n) is 1.21. The van der Waals surface area contributed by atoms with Gasteiger partial charge in [0.25, 0.3) is 0 Å². The van der Waals surface area contributed by atoms with Crippen LogP contribution in [0.4, 0.5) is 0 Å². The zero-order valence-electron chi connectivity index (χ0n) is 8.10. The average molecular weight is 177 g/mol. The van der Waals surface area contributed by atoms with Gasteiger partial charge in [0.15, 0.2) is 0 Å². The van der Waals surface area contributed by atoms with Gasteiger partial charge in [-0.2, -0.15) is 0 Å². The molecule has 0 aromatic rings. The summed E-state index contributed by atoms with van der Waals surface area (Å²) in [5.41, 5.74) is 0.779. The number of unbranched alkanes of at least 4 members (excludes halogenated alkanes) is 3.